The Morgan fingerprint density at radius 1 is 0.938 bits per heavy atom. The molecule has 0 saturated carbocycles. The van der Waals surface area contributed by atoms with E-state index in [4.69, 9.17) is 0 Å². The van der Waals surface area contributed by atoms with E-state index in [0.29, 0.717) is 0 Å². The van der Waals surface area contributed by atoms with Gasteiger partial charge in [-0.25, -0.2) is 0 Å². The molecule has 0 unspecified atom stereocenters. The molecule has 0 aliphatic heterocycles. The third kappa shape index (κ3) is 2.67. The molecular formula is C15H12O. The molecule has 0 N–H and O–H groups in total. The monoisotopic (exact) mass is 208 g/mol. The summed E-state index contributed by atoms with van der Waals surface area (Å²) in [6.07, 6.45) is 12.7. The van der Waals surface area contributed by atoms with Gasteiger partial charge in [0.2, 0.25) is 0 Å². The number of ketones is 1. The quantitative estimate of drug-likeness (QED) is 0.681. The number of benzene rings is 1. The Labute approximate surface area is 95.1 Å². The van der Waals surface area contributed by atoms with Crippen LogP contribution in [-0.4, -0.2) is 5.78 Å². The largest absolute Gasteiger partial charge is 0.289 e. The fourth-order valence-electron chi connectivity index (χ4n) is 1.45. The van der Waals surface area contributed by atoms with E-state index in [1.807, 2.05) is 60.7 Å². The first-order valence-corrected chi connectivity index (χ1v) is 5.19. The highest BCUT2D eigenvalue weighted by Crippen LogP contribution is 2.07. The first kappa shape index (κ1) is 10.4. The number of allylic oxidation sites excluding steroid dienone is 7. The molecule has 1 nitrogen and oxygen atoms in total. The summed E-state index contributed by atoms with van der Waals surface area (Å²) in [5.74, 6) is 0.0558. The molecule has 2 rings (SSSR count). The normalized spacial score (nSPS) is 17.5. The Morgan fingerprint density at radius 3 is 2.44 bits per heavy atom. The van der Waals surface area contributed by atoms with Crippen molar-refractivity contribution in [3.63, 3.8) is 0 Å². The van der Waals surface area contributed by atoms with Crippen LogP contribution in [0.1, 0.15) is 5.56 Å². The van der Waals surface area contributed by atoms with Gasteiger partial charge in [0.25, 0.3) is 0 Å². The van der Waals surface area contributed by atoms with Crippen molar-refractivity contribution in [2.75, 3.05) is 0 Å². The van der Waals surface area contributed by atoms with Crippen LogP contribution in [-0.2, 0) is 4.79 Å². The lowest BCUT2D eigenvalue weighted by molar-refractivity contribution is -0.111. The Hall–Kier alpha value is -2.15. The second kappa shape index (κ2) is 5.08. The van der Waals surface area contributed by atoms with Crippen LogP contribution in [0.4, 0.5) is 0 Å². The Balaban J connectivity index is 2.09. The summed E-state index contributed by atoms with van der Waals surface area (Å²) in [6, 6.07) is 10.00. The molecule has 1 aromatic carbocycles. The molecule has 0 fully saturated rings. The van der Waals surface area contributed by atoms with Gasteiger partial charge in [0.1, 0.15) is 0 Å². The van der Waals surface area contributed by atoms with E-state index < -0.39 is 0 Å². The van der Waals surface area contributed by atoms with Gasteiger partial charge in [0, 0.05) is 5.57 Å². The predicted molar refractivity (Wildman–Crippen MR) is 66.8 cm³/mol. The minimum absolute atomic E-state index is 0.0558. The van der Waals surface area contributed by atoms with Crippen LogP contribution >= 0.6 is 0 Å². The van der Waals surface area contributed by atoms with Crippen LogP contribution in [0, 0.1) is 0 Å². The van der Waals surface area contributed by atoms with Gasteiger partial charge < -0.3 is 0 Å². The van der Waals surface area contributed by atoms with Crippen molar-refractivity contribution < 1.29 is 4.79 Å². The highest BCUT2D eigenvalue weighted by molar-refractivity contribution is 6.07. The van der Waals surface area contributed by atoms with E-state index in [1.165, 1.54) is 0 Å². The van der Waals surface area contributed by atoms with Crippen LogP contribution in [0.25, 0.3) is 6.08 Å². The van der Waals surface area contributed by atoms with Crippen LogP contribution in [0.3, 0.4) is 0 Å². The Morgan fingerprint density at radius 2 is 1.69 bits per heavy atom. The fraction of sp³-hybridized carbons (Fsp3) is 0. The lowest BCUT2D eigenvalue weighted by Crippen LogP contribution is -1.97. The molecule has 1 aromatic rings. The molecule has 1 aliphatic carbocycles. The molecular weight excluding hydrogens is 196 g/mol. The number of hydrogen-bond donors (Lipinski definition) is 0. The maximum absolute atomic E-state index is 11.4. The zero-order chi connectivity index (χ0) is 11.2. The summed E-state index contributed by atoms with van der Waals surface area (Å²) >= 11 is 0. The molecule has 0 aromatic heterocycles. The van der Waals surface area contributed by atoms with Gasteiger partial charge in [0.05, 0.1) is 0 Å². The van der Waals surface area contributed by atoms with Crippen LogP contribution in [0.2, 0.25) is 0 Å². The zero-order valence-corrected chi connectivity index (χ0v) is 8.84. The van der Waals surface area contributed by atoms with Crippen molar-refractivity contribution in [1.82, 2.24) is 0 Å². The van der Waals surface area contributed by atoms with Gasteiger partial charge in [-0.05, 0) is 11.6 Å². The van der Waals surface area contributed by atoms with E-state index >= 15 is 0 Å². The lowest BCUT2D eigenvalue weighted by atomic mass is 10.1. The van der Waals surface area contributed by atoms with Gasteiger partial charge in [-0.1, -0.05) is 66.8 Å². The number of hydrogen-bond acceptors (Lipinski definition) is 1. The summed E-state index contributed by atoms with van der Waals surface area (Å²) in [4.78, 5) is 11.4. The lowest BCUT2D eigenvalue weighted by Gasteiger charge is -1.98. The van der Waals surface area contributed by atoms with Gasteiger partial charge in [-0.3, -0.25) is 4.79 Å². The Kier molecular flexibility index (Phi) is 3.29. The van der Waals surface area contributed by atoms with Crippen molar-refractivity contribution >= 4 is 11.9 Å². The van der Waals surface area contributed by atoms with Crippen LogP contribution in [0.5, 0.6) is 0 Å². The van der Waals surface area contributed by atoms with Gasteiger partial charge in [0.15, 0.2) is 5.78 Å². The highest BCUT2D eigenvalue weighted by atomic mass is 16.1. The van der Waals surface area contributed by atoms with E-state index in [9.17, 15) is 4.79 Å². The molecule has 0 spiro atoms. The zero-order valence-electron chi connectivity index (χ0n) is 8.84. The van der Waals surface area contributed by atoms with E-state index in [0.717, 1.165) is 11.1 Å². The third-order valence-electron chi connectivity index (χ3n) is 2.28. The fourth-order valence-corrected chi connectivity index (χ4v) is 1.45. The average molecular weight is 208 g/mol. The van der Waals surface area contributed by atoms with E-state index in [-0.39, 0.29) is 5.78 Å². The van der Waals surface area contributed by atoms with Crippen molar-refractivity contribution in [3.8, 4) is 0 Å². The SMILES string of the molecule is O=C1C=CC=C/C1=C\C=C\c1ccccc1. The van der Waals surface area contributed by atoms with E-state index in [1.54, 1.807) is 12.2 Å². The molecule has 0 radical (unpaired) electrons. The molecule has 0 heterocycles. The maximum Gasteiger partial charge on any atom is 0.185 e. The first-order chi connectivity index (χ1) is 7.86. The predicted octanol–water partition coefficient (Wildman–Crippen LogP) is 3.32. The number of rotatable bonds is 2. The van der Waals surface area contributed by atoms with Crippen molar-refractivity contribution in [2.45, 2.75) is 0 Å². The maximum atomic E-state index is 11.4. The molecule has 1 heteroatoms. The molecule has 16 heavy (non-hydrogen) atoms. The first-order valence-electron chi connectivity index (χ1n) is 5.19. The summed E-state index contributed by atoms with van der Waals surface area (Å²) < 4.78 is 0. The summed E-state index contributed by atoms with van der Waals surface area (Å²) in [5, 5.41) is 0. The van der Waals surface area contributed by atoms with Crippen molar-refractivity contribution in [1.29, 1.82) is 0 Å². The second-order valence-corrected chi connectivity index (χ2v) is 3.47. The van der Waals surface area contributed by atoms with Gasteiger partial charge in [-0.2, -0.15) is 0 Å². The van der Waals surface area contributed by atoms with Crippen LogP contribution in [0.15, 0.2) is 72.4 Å². The summed E-state index contributed by atoms with van der Waals surface area (Å²) in [5.41, 5.74) is 1.84. The molecule has 0 bridgehead atoms. The third-order valence-corrected chi connectivity index (χ3v) is 2.28. The van der Waals surface area contributed by atoms with Crippen molar-refractivity contribution in [3.05, 3.63) is 77.9 Å². The molecule has 78 valence electrons. The minimum atomic E-state index is 0.0558. The number of carbonyl (C=O) groups excluding carboxylic acids is 1. The smallest absolute Gasteiger partial charge is 0.185 e. The van der Waals surface area contributed by atoms with Crippen molar-refractivity contribution in [2.24, 2.45) is 0 Å². The van der Waals surface area contributed by atoms with E-state index in [2.05, 4.69) is 0 Å². The topological polar surface area (TPSA) is 17.1 Å². The Bertz CT molecular complexity index is 487. The summed E-state index contributed by atoms with van der Waals surface area (Å²) in [6.45, 7) is 0. The molecule has 0 atom stereocenters. The second-order valence-electron chi connectivity index (χ2n) is 3.47. The molecule has 1 aliphatic rings. The minimum Gasteiger partial charge on any atom is -0.289 e. The molecule has 0 amide bonds. The summed E-state index contributed by atoms with van der Waals surface area (Å²) in [7, 11) is 0. The van der Waals surface area contributed by atoms with Crippen LogP contribution < -0.4 is 0 Å². The van der Waals surface area contributed by atoms with Gasteiger partial charge in [-0.15, -0.1) is 0 Å². The molecule has 0 saturated heterocycles. The number of carbonyl (C=O) groups is 1. The standard InChI is InChI=1S/C15H12O/c16-15-12-5-4-10-14(15)11-6-9-13-7-2-1-3-8-13/h1-12H/b9-6+,14-11+. The average Bonchev–Trinajstić information content (AvgIpc) is 2.33. The van der Waals surface area contributed by atoms with Gasteiger partial charge >= 0.3 is 0 Å². The highest BCUT2D eigenvalue weighted by Gasteiger charge is 2.02.